The number of hydrogen-bond acceptors (Lipinski definition) is 4. The number of ether oxygens (including phenoxy) is 2. The normalized spacial score (nSPS) is 23.8. The van der Waals surface area contributed by atoms with Gasteiger partial charge < -0.3 is 20.9 Å². The van der Waals surface area contributed by atoms with Crippen LogP contribution in [-0.2, 0) is 14.9 Å². The second kappa shape index (κ2) is 5.82. The van der Waals surface area contributed by atoms with E-state index >= 15 is 0 Å². The minimum Gasteiger partial charge on any atom is -0.445 e. The summed E-state index contributed by atoms with van der Waals surface area (Å²) in [7, 11) is 0. The molecule has 0 saturated heterocycles. The van der Waals surface area contributed by atoms with Crippen LogP contribution in [-0.4, -0.2) is 25.5 Å². The number of fused-ring (bicyclic) bond motifs is 5. The molecule has 0 spiro atoms. The minimum atomic E-state index is -0.897. The van der Waals surface area contributed by atoms with Crippen molar-refractivity contribution in [2.24, 2.45) is 11.5 Å². The van der Waals surface area contributed by atoms with E-state index in [9.17, 15) is 9.18 Å². The molecule has 2 aromatic rings. The van der Waals surface area contributed by atoms with E-state index in [0.29, 0.717) is 5.56 Å². The molecule has 2 aromatic carbocycles. The van der Waals surface area contributed by atoms with Crippen molar-refractivity contribution in [1.29, 1.82) is 0 Å². The highest BCUT2D eigenvalue weighted by Crippen LogP contribution is 2.68. The van der Waals surface area contributed by atoms with E-state index in [0.717, 1.165) is 23.1 Å². The van der Waals surface area contributed by atoms with Crippen LogP contribution in [0.2, 0.25) is 0 Å². The topological polar surface area (TPSA) is 87.6 Å². The maximum atomic E-state index is 14.9. The summed E-state index contributed by atoms with van der Waals surface area (Å²) < 4.78 is 25.2. The molecule has 25 heavy (non-hydrogen) atoms. The molecule has 2 aliphatic carbocycles. The van der Waals surface area contributed by atoms with Crippen molar-refractivity contribution >= 4 is 6.09 Å². The highest BCUT2D eigenvalue weighted by molar-refractivity contribution is 5.75. The molecule has 4 N–H and O–H groups in total. The first-order chi connectivity index (χ1) is 12.0. The van der Waals surface area contributed by atoms with Crippen LogP contribution in [0.15, 0.2) is 42.5 Å². The second-order valence-electron chi connectivity index (χ2n) is 6.65. The van der Waals surface area contributed by atoms with Gasteiger partial charge in [0.1, 0.15) is 18.7 Å². The quantitative estimate of drug-likeness (QED) is 0.790. The van der Waals surface area contributed by atoms with Crippen molar-refractivity contribution in [3.05, 3.63) is 59.4 Å². The zero-order chi connectivity index (χ0) is 17.6. The lowest BCUT2D eigenvalue weighted by Gasteiger charge is -2.20. The molecule has 1 amide bonds. The molecule has 3 unspecified atom stereocenters. The van der Waals surface area contributed by atoms with Crippen LogP contribution in [0, 0.1) is 5.82 Å². The highest BCUT2D eigenvalue weighted by Gasteiger charge is 2.63. The highest BCUT2D eigenvalue weighted by atomic mass is 19.1. The molecule has 1 saturated carbocycles. The van der Waals surface area contributed by atoms with Crippen molar-refractivity contribution < 1.29 is 18.7 Å². The molecule has 1 fully saturated rings. The van der Waals surface area contributed by atoms with Crippen molar-refractivity contribution in [1.82, 2.24) is 0 Å². The summed E-state index contributed by atoms with van der Waals surface area (Å²) in [5, 5.41) is 0. The number of halogens is 1. The molecule has 0 aliphatic heterocycles. The van der Waals surface area contributed by atoms with Gasteiger partial charge in [-0.3, -0.25) is 0 Å². The number of nitrogens with two attached hydrogens (primary N) is 2. The number of carbonyl (C=O) groups is 1. The van der Waals surface area contributed by atoms with Gasteiger partial charge in [0.2, 0.25) is 0 Å². The van der Waals surface area contributed by atoms with E-state index in [1.807, 2.05) is 42.5 Å². The fraction of sp³-hybridized carbons (Fsp3) is 0.316. The lowest BCUT2D eigenvalue weighted by molar-refractivity contribution is 0.000452. The fourth-order valence-corrected chi connectivity index (χ4v) is 3.90. The summed E-state index contributed by atoms with van der Waals surface area (Å²) >= 11 is 0. The molecule has 0 radical (unpaired) electrons. The van der Waals surface area contributed by atoms with E-state index < -0.39 is 12.3 Å². The third-order valence-corrected chi connectivity index (χ3v) is 5.15. The summed E-state index contributed by atoms with van der Waals surface area (Å²) in [5.74, 6) is -0.00705. The number of benzene rings is 2. The van der Waals surface area contributed by atoms with Crippen LogP contribution in [0.5, 0.6) is 0 Å². The third kappa shape index (κ3) is 2.58. The molecule has 2 aliphatic rings. The Labute approximate surface area is 144 Å². The predicted octanol–water partition coefficient (Wildman–Crippen LogP) is 2.63. The van der Waals surface area contributed by atoms with E-state index in [4.69, 9.17) is 16.2 Å². The Hall–Kier alpha value is -2.44. The number of hydrogen-bond donors (Lipinski definition) is 2. The summed E-state index contributed by atoms with van der Waals surface area (Å²) in [6.07, 6.45) is -0.841. The van der Waals surface area contributed by atoms with E-state index in [1.54, 1.807) is 0 Å². The molecular formula is C19H19FN2O3. The first-order valence-electron chi connectivity index (χ1n) is 8.20. The first kappa shape index (κ1) is 16.1. The lowest BCUT2D eigenvalue weighted by atomic mass is 9.91. The Morgan fingerprint density at radius 1 is 1.28 bits per heavy atom. The van der Waals surface area contributed by atoms with Gasteiger partial charge in [0.05, 0.1) is 6.61 Å². The first-order valence-corrected chi connectivity index (χ1v) is 8.20. The number of primary amides is 1. The van der Waals surface area contributed by atoms with Crippen LogP contribution in [0.25, 0.3) is 11.1 Å². The number of amides is 1. The Morgan fingerprint density at radius 3 is 2.76 bits per heavy atom. The zero-order valence-corrected chi connectivity index (χ0v) is 13.6. The van der Waals surface area contributed by atoms with Gasteiger partial charge in [0, 0.05) is 11.0 Å². The second-order valence-corrected chi connectivity index (χ2v) is 6.65. The van der Waals surface area contributed by atoms with Crippen LogP contribution in [0.4, 0.5) is 9.18 Å². The molecule has 0 heterocycles. The molecule has 5 nitrogen and oxygen atoms in total. The Kier molecular flexibility index (Phi) is 3.74. The van der Waals surface area contributed by atoms with Gasteiger partial charge in [0.15, 0.2) is 0 Å². The Bertz CT molecular complexity index is 827. The third-order valence-electron chi connectivity index (χ3n) is 5.15. The van der Waals surface area contributed by atoms with Crippen LogP contribution >= 0.6 is 0 Å². The van der Waals surface area contributed by atoms with Gasteiger partial charge in [-0.1, -0.05) is 42.5 Å². The summed E-state index contributed by atoms with van der Waals surface area (Å²) in [4.78, 5) is 10.6. The number of carbonyl (C=O) groups excluding carboxylic acids is 1. The monoisotopic (exact) mass is 342 g/mol. The van der Waals surface area contributed by atoms with Gasteiger partial charge >= 0.3 is 6.09 Å². The predicted molar refractivity (Wildman–Crippen MR) is 90.3 cm³/mol. The summed E-state index contributed by atoms with van der Waals surface area (Å²) in [5.41, 5.74) is 13.7. The van der Waals surface area contributed by atoms with Crippen molar-refractivity contribution in [3.8, 4) is 11.1 Å². The molecule has 4 rings (SSSR count). The lowest BCUT2D eigenvalue weighted by Crippen LogP contribution is -2.34. The Morgan fingerprint density at radius 2 is 2.04 bits per heavy atom. The largest absolute Gasteiger partial charge is 0.445 e. The SMILES string of the molecule is NC(=O)OCC(N)OCC12CC1c1ccc(-c3ccccc3)c2c1F. The van der Waals surface area contributed by atoms with Gasteiger partial charge in [0.25, 0.3) is 0 Å². The van der Waals surface area contributed by atoms with Crippen molar-refractivity contribution in [2.75, 3.05) is 13.2 Å². The summed E-state index contributed by atoms with van der Waals surface area (Å²) in [6, 6.07) is 13.6. The maximum Gasteiger partial charge on any atom is 0.404 e. The molecule has 0 aromatic heterocycles. The molecule has 3 atom stereocenters. The standard InChI is InChI=1S/C19H19FN2O3/c20-17-13-7-6-12(11-4-2-1-3-5-11)16(17)19(8-14(13)19)10-25-15(21)9-24-18(22)23/h1-7,14-15H,8-10,21H2,(H2,22,23). The Balaban J connectivity index is 1.58. The zero-order valence-electron chi connectivity index (χ0n) is 13.6. The number of rotatable bonds is 6. The molecule has 130 valence electrons. The van der Waals surface area contributed by atoms with Crippen molar-refractivity contribution in [3.63, 3.8) is 0 Å². The van der Waals surface area contributed by atoms with E-state index in [1.165, 1.54) is 0 Å². The summed E-state index contributed by atoms with van der Waals surface area (Å²) in [6.45, 7) is 0.160. The smallest absolute Gasteiger partial charge is 0.404 e. The molecule has 6 heteroatoms. The van der Waals surface area contributed by atoms with E-state index in [-0.39, 0.29) is 30.4 Å². The van der Waals surface area contributed by atoms with Gasteiger partial charge in [-0.25, -0.2) is 9.18 Å². The average molecular weight is 342 g/mol. The molecular weight excluding hydrogens is 323 g/mol. The fourth-order valence-electron chi connectivity index (χ4n) is 3.90. The maximum absolute atomic E-state index is 14.9. The van der Waals surface area contributed by atoms with Crippen LogP contribution < -0.4 is 11.5 Å². The minimum absolute atomic E-state index is 0.123. The van der Waals surface area contributed by atoms with Gasteiger partial charge in [-0.15, -0.1) is 0 Å². The van der Waals surface area contributed by atoms with Gasteiger partial charge in [-0.05, 0) is 29.0 Å². The average Bonchev–Trinajstić information content (AvgIpc) is 3.30. The van der Waals surface area contributed by atoms with Crippen molar-refractivity contribution in [2.45, 2.75) is 24.0 Å². The van der Waals surface area contributed by atoms with Gasteiger partial charge in [-0.2, -0.15) is 0 Å². The van der Waals surface area contributed by atoms with E-state index in [2.05, 4.69) is 4.74 Å². The molecule has 2 bridgehead atoms. The van der Waals surface area contributed by atoms with Crippen LogP contribution in [0.1, 0.15) is 23.5 Å². The van der Waals surface area contributed by atoms with Crippen LogP contribution in [0.3, 0.4) is 0 Å².